The zero-order valence-electron chi connectivity index (χ0n) is 14.0. The number of hydrogen-bond acceptors (Lipinski definition) is 3. The normalized spacial score (nSPS) is 22.8. The van der Waals surface area contributed by atoms with Gasteiger partial charge in [0.15, 0.2) is 0 Å². The maximum absolute atomic E-state index is 14.3. The number of rotatable bonds is 3. The number of benzene rings is 1. The lowest BCUT2D eigenvalue weighted by atomic mass is 9.90. The first-order chi connectivity index (χ1) is 11.8. The van der Waals surface area contributed by atoms with Crippen LogP contribution in [0.25, 0.3) is 11.3 Å². The largest absolute Gasteiger partial charge is 0.300 e. The van der Waals surface area contributed by atoms with Gasteiger partial charge < -0.3 is 0 Å². The van der Waals surface area contributed by atoms with Crippen molar-refractivity contribution >= 4 is 0 Å². The SMILES string of the molecule is Fc1ccccc1-c1nccnc1C1CCCN(C2CCCC2)C1. The lowest BCUT2D eigenvalue weighted by Crippen LogP contribution is -2.41. The van der Waals surface area contributed by atoms with E-state index in [1.165, 1.54) is 44.7 Å². The molecule has 1 aromatic carbocycles. The summed E-state index contributed by atoms with van der Waals surface area (Å²) in [6.45, 7) is 2.22. The van der Waals surface area contributed by atoms with Crippen LogP contribution in [0.4, 0.5) is 4.39 Å². The van der Waals surface area contributed by atoms with Gasteiger partial charge in [0, 0.05) is 36.5 Å². The standard InChI is InChI=1S/C20H24FN3/c21-18-10-4-3-9-17(18)20-19(22-11-12-23-20)15-6-5-13-24(14-15)16-7-1-2-8-16/h3-4,9-12,15-16H,1-2,5-8,13-14H2. The minimum Gasteiger partial charge on any atom is -0.300 e. The Morgan fingerprint density at radius 2 is 1.75 bits per heavy atom. The number of piperidine rings is 1. The van der Waals surface area contributed by atoms with Crippen LogP contribution >= 0.6 is 0 Å². The number of halogens is 1. The zero-order valence-corrected chi connectivity index (χ0v) is 14.0. The average Bonchev–Trinajstić information content (AvgIpc) is 3.17. The molecule has 1 aliphatic heterocycles. The second kappa shape index (κ2) is 6.98. The Morgan fingerprint density at radius 3 is 2.58 bits per heavy atom. The van der Waals surface area contributed by atoms with Crippen molar-refractivity contribution in [3.8, 4) is 11.3 Å². The summed E-state index contributed by atoms with van der Waals surface area (Å²) in [6.07, 6.45) is 11.1. The van der Waals surface area contributed by atoms with Gasteiger partial charge in [-0.2, -0.15) is 0 Å². The Morgan fingerprint density at radius 1 is 0.958 bits per heavy atom. The smallest absolute Gasteiger partial charge is 0.132 e. The van der Waals surface area contributed by atoms with E-state index in [0.29, 0.717) is 17.2 Å². The lowest BCUT2D eigenvalue weighted by Gasteiger charge is -2.37. The molecule has 0 amide bonds. The number of hydrogen-bond donors (Lipinski definition) is 0. The maximum atomic E-state index is 14.3. The molecule has 0 spiro atoms. The summed E-state index contributed by atoms with van der Waals surface area (Å²) in [5, 5.41) is 0. The van der Waals surface area contributed by atoms with E-state index < -0.39 is 0 Å². The van der Waals surface area contributed by atoms with Crippen LogP contribution in [-0.2, 0) is 0 Å². The molecule has 3 nitrogen and oxygen atoms in total. The van der Waals surface area contributed by atoms with Crippen LogP contribution in [0.2, 0.25) is 0 Å². The van der Waals surface area contributed by atoms with Crippen LogP contribution in [-0.4, -0.2) is 34.0 Å². The lowest BCUT2D eigenvalue weighted by molar-refractivity contribution is 0.149. The van der Waals surface area contributed by atoms with Gasteiger partial charge in [-0.25, -0.2) is 4.39 Å². The Bertz CT molecular complexity index is 697. The summed E-state index contributed by atoms with van der Waals surface area (Å²) >= 11 is 0. The van der Waals surface area contributed by atoms with Crippen molar-refractivity contribution < 1.29 is 4.39 Å². The Balaban J connectivity index is 1.63. The molecule has 126 valence electrons. The summed E-state index contributed by atoms with van der Waals surface area (Å²) in [5.41, 5.74) is 2.25. The molecule has 2 heterocycles. The molecular formula is C20H24FN3. The molecular weight excluding hydrogens is 301 g/mol. The third kappa shape index (κ3) is 3.07. The van der Waals surface area contributed by atoms with Crippen molar-refractivity contribution in [2.45, 2.75) is 50.5 Å². The van der Waals surface area contributed by atoms with Gasteiger partial charge in [-0.3, -0.25) is 14.9 Å². The van der Waals surface area contributed by atoms with Crippen molar-refractivity contribution in [2.75, 3.05) is 13.1 Å². The molecule has 0 N–H and O–H groups in total. The second-order valence-corrected chi connectivity index (χ2v) is 7.04. The van der Waals surface area contributed by atoms with E-state index in [9.17, 15) is 4.39 Å². The summed E-state index contributed by atoms with van der Waals surface area (Å²) in [5.74, 6) is 0.130. The molecule has 2 aromatic rings. The molecule has 1 saturated heterocycles. The molecule has 1 saturated carbocycles. The zero-order chi connectivity index (χ0) is 16.4. The Hall–Kier alpha value is -1.81. The molecule has 0 bridgehead atoms. The second-order valence-electron chi connectivity index (χ2n) is 7.04. The highest BCUT2D eigenvalue weighted by atomic mass is 19.1. The van der Waals surface area contributed by atoms with Crippen LogP contribution in [0.3, 0.4) is 0 Å². The molecule has 24 heavy (non-hydrogen) atoms. The van der Waals surface area contributed by atoms with Gasteiger partial charge >= 0.3 is 0 Å². The summed E-state index contributed by atoms with van der Waals surface area (Å²) in [6, 6.07) is 7.63. The first-order valence-electron chi connectivity index (χ1n) is 9.13. The third-order valence-electron chi connectivity index (χ3n) is 5.54. The van der Waals surface area contributed by atoms with Crippen LogP contribution in [0.5, 0.6) is 0 Å². The molecule has 0 radical (unpaired) electrons. The molecule has 1 atom stereocenters. The van der Waals surface area contributed by atoms with Crippen LogP contribution in [0.15, 0.2) is 36.7 Å². The maximum Gasteiger partial charge on any atom is 0.132 e. The van der Waals surface area contributed by atoms with Gasteiger partial charge in [0.05, 0.1) is 11.4 Å². The molecule has 4 heteroatoms. The van der Waals surface area contributed by atoms with E-state index in [1.54, 1.807) is 24.5 Å². The first-order valence-corrected chi connectivity index (χ1v) is 9.13. The summed E-state index contributed by atoms with van der Waals surface area (Å²) < 4.78 is 14.3. The third-order valence-corrected chi connectivity index (χ3v) is 5.54. The number of aromatic nitrogens is 2. The predicted octanol–water partition coefficient (Wildman–Crippen LogP) is 4.40. The molecule has 1 aromatic heterocycles. The fraction of sp³-hybridized carbons (Fsp3) is 0.500. The van der Waals surface area contributed by atoms with E-state index in [2.05, 4.69) is 14.9 Å². The highest BCUT2D eigenvalue weighted by Gasteiger charge is 2.30. The Labute approximate surface area is 142 Å². The number of likely N-dealkylation sites (tertiary alicyclic amines) is 1. The highest BCUT2D eigenvalue weighted by molar-refractivity contribution is 5.62. The predicted molar refractivity (Wildman–Crippen MR) is 93.2 cm³/mol. The van der Waals surface area contributed by atoms with Crippen molar-refractivity contribution in [3.63, 3.8) is 0 Å². The van der Waals surface area contributed by atoms with Gasteiger partial charge in [-0.15, -0.1) is 0 Å². The van der Waals surface area contributed by atoms with Gasteiger partial charge in [0.25, 0.3) is 0 Å². The first kappa shape index (κ1) is 15.7. The minimum absolute atomic E-state index is 0.220. The van der Waals surface area contributed by atoms with Crippen molar-refractivity contribution in [3.05, 3.63) is 48.2 Å². The van der Waals surface area contributed by atoms with E-state index in [1.807, 2.05) is 6.07 Å². The van der Waals surface area contributed by atoms with E-state index in [-0.39, 0.29) is 5.82 Å². The monoisotopic (exact) mass is 325 g/mol. The van der Waals surface area contributed by atoms with E-state index in [4.69, 9.17) is 0 Å². The fourth-order valence-electron chi connectivity index (χ4n) is 4.34. The summed E-state index contributed by atoms with van der Waals surface area (Å²) in [4.78, 5) is 11.8. The quantitative estimate of drug-likeness (QED) is 0.837. The van der Waals surface area contributed by atoms with E-state index >= 15 is 0 Å². The van der Waals surface area contributed by atoms with Crippen molar-refractivity contribution in [1.29, 1.82) is 0 Å². The highest BCUT2D eigenvalue weighted by Crippen LogP contribution is 2.35. The van der Waals surface area contributed by atoms with Gasteiger partial charge in [-0.05, 0) is 44.4 Å². The molecule has 1 unspecified atom stereocenters. The van der Waals surface area contributed by atoms with Crippen molar-refractivity contribution in [2.24, 2.45) is 0 Å². The van der Waals surface area contributed by atoms with Crippen molar-refractivity contribution in [1.82, 2.24) is 14.9 Å². The number of nitrogens with zero attached hydrogens (tertiary/aromatic N) is 3. The van der Waals surface area contributed by atoms with Gasteiger partial charge in [-0.1, -0.05) is 25.0 Å². The topological polar surface area (TPSA) is 29.0 Å². The molecule has 2 aliphatic rings. The molecule has 4 rings (SSSR count). The van der Waals surface area contributed by atoms with Crippen LogP contribution < -0.4 is 0 Å². The Kier molecular flexibility index (Phi) is 4.56. The average molecular weight is 325 g/mol. The van der Waals surface area contributed by atoms with Gasteiger partial charge in [0.2, 0.25) is 0 Å². The van der Waals surface area contributed by atoms with E-state index in [0.717, 1.165) is 24.7 Å². The molecule has 1 aliphatic carbocycles. The molecule has 2 fully saturated rings. The van der Waals surface area contributed by atoms with Crippen LogP contribution in [0, 0.1) is 5.82 Å². The minimum atomic E-state index is -0.220. The van der Waals surface area contributed by atoms with Gasteiger partial charge in [0.1, 0.15) is 5.82 Å². The fourth-order valence-corrected chi connectivity index (χ4v) is 4.34. The summed E-state index contributed by atoms with van der Waals surface area (Å²) in [7, 11) is 0. The van der Waals surface area contributed by atoms with Crippen LogP contribution in [0.1, 0.15) is 50.1 Å².